The van der Waals surface area contributed by atoms with Crippen LogP contribution in [-0.2, 0) is 0 Å². The minimum atomic E-state index is 0. The Hall–Kier alpha value is -8.73. The van der Waals surface area contributed by atoms with Crippen LogP contribution in [-0.4, -0.2) is 39.0 Å². The predicted octanol–water partition coefficient (Wildman–Crippen LogP) is 13.7. The van der Waals surface area contributed by atoms with Gasteiger partial charge in [0.1, 0.15) is 11.2 Å². The fourth-order valence-corrected chi connectivity index (χ4v) is 9.33. The minimum absolute atomic E-state index is 0. The molecule has 0 N–H and O–H groups in total. The molecule has 0 aliphatic carbocycles. The first-order valence-corrected chi connectivity index (χ1v) is 21.2. The van der Waals surface area contributed by atoms with E-state index in [1.54, 1.807) is 24.8 Å². The van der Waals surface area contributed by atoms with Gasteiger partial charge in [0.2, 0.25) is 0 Å². The van der Waals surface area contributed by atoms with E-state index in [0.717, 1.165) is 111 Å². The summed E-state index contributed by atoms with van der Waals surface area (Å²) in [7, 11) is 0. The van der Waals surface area contributed by atoms with Gasteiger partial charge in [0.05, 0.1) is 33.1 Å². The molecule has 13 aromatic rings. The smallest absolute Gasteiger partial charge is 0.159 e. The summed E-state index contributed by atoms with van der Waals surface area (Å²) in [6.45, 7) is 6.00. The lowest BCUT2D eigenvalue weighted by molar-refractivity contribution is 0.669. The van der Waals surface area contributed by atoms with E-state index in [2.05, 4.69) is 164 Å². The first-order valence-electron chi connectivity index (χ1n) is 21.2. The molecule has 9 nitrogen and oxygen atoms in total. The third-order valence-corrected chi connectivity index (χ3v) is 12.1. The van der Waals surface area contributed by atoms with Crippen LogP contribution in [0.2, 0.25) is 0 Å². The highest BCUT2D eigenvalue weighted by atomic mass is 32.1. The van der Waals surface area contributed by atoms with E-state index in [1.807, 2.05) is 48.8 Å². The summed E-state index contributed by atoms with van der Waals surface area (Å²) in [6, 6.07) is 54.6. The Morgan fingerprint density at radius 3 is 1.20 bits per heavy atom. The van der Waals surface area contributed by atoms with Crippen molar-refractivity contribution in [3.05, 3.63) is 208 Å². The minimum Gasteiger partial charge on any atom is -0.456 e. The van der Waals surface area contributed by atoms with Gasteiger partial charge in [-0.1, -0.05) is 60.7 Å². The van der Waals surface area contributed by atoms with Crippen LogP contribution in [0.5, 0.6) is 0 Å². The maximum absolute atomic E-state index is 6.51. The predicted molar refractivity (Wildman–Crippen MR) is 273 cm³/mol. The van der Waals surface area contributed by atoms with Crippen molar-refractivity contribution in [1.29, 1.82) is 0 Å². The van der Waals surface area contributed by atoms with E-state index in [-0.39, 0.29) is 13.5 Å². The van der Waals surface area contributed by atoms with E-state index in [1.165, 1.54) is 0 Å². The SMILES string of the molecule is C=C.S.c1cnc(-c2ccccc2-c2ccc3c(c2)c2ncccc2n3-c2ccc3oc4ccc(-n5c6ccc(-c7ccccc7-c7ncccn7)cc6c6ncccc65)cc4c3c2)nc1. The molecular weight excluding hydrogens is 833 g/mol. The quantitative estimate of drug-likeness (QED) is 0.153. The number of aromatic nitrogens is 8. The van der Waals surface area contributed by atoms with Crippen molar-refractivity contribution in [2.45, 2.75) is 0 Å². The summed E-state index contributed by atoms with van der Waals surface area (Å²) >= 11 is 0. The fourth-order valence-electron chi connectivity index (χ4n) is 9.33. The van der Waals surface area contributed by atoms with Crippen molar-refractivity contribution >= 4 is 79.3 Å². The molecule has 7 aromatic heterocycles. The summed E-state index contributed by atoms with van der Waals surface area (Å²) in [5.41, 5.74) is 15.9. The van der Waals surface area contributed by atoms with Crippen LogP contribution in [0.4, 0.5) is 0 Å². The van der Waals surface area contributed by atoms with Crippen LogP contribution < -0.4 is 0 Å². The standard InChI is InChI=1S/C54H32N8O.C2H4.H2S/c1-3-11-39(53-57-25-7-26-58-53)37(9-1)33-15-19-45-43(29-33)51-47(13-5-23-55-51)61(45)35-17-21-49-41(31-35)42-32-36(18-22-50(42)63-49)62-46-20-16-34(30-44(46)52-48(62)14-6-24-56-52)38-10-2-4-12-40(38)54-59-27-8-28-60-54;1-2;/h1-32H;1-2H2;1H2. The zero-order valence-corrected chi connectivity index (χ0v) is 36.4. The number of furan rings is 1. The van der Waals surface area contributed by atoms with E-state index in [4.69, 9.17) is 14.4 Å². The summed E-state index contributed by atoms with van der Waals surface area (Å²) in [6.07, 6.45) is 10.8. The average Bonchev–Trinajstić information content (AvgIpc) is 4.04. The molecule has 0 amide bonds. The first kappa shape index (κ1) is 40.1. The van der Waals surface area contributed by atoms with Crippen molar-refractivity contribution in [3.63, 3.8) is 0 Å². The van der Waals surface area contributed by atoms with E-state index in [0.29, 0.717) is 11.6 Å². The Kier molecular flexibility index (Phi) is 9.98. The summed E-state index contributed by atoms with van der Waals surface area (Å²) in [4.78, 5) is 28.1. The molecule has 0 saturated heterocycles. The van der Waals surface area contributed by atoms with Gasteiger partial charge in [-0.2, -0.15) is 13.5 Å². The van der Waals surface area contributed by atoms with Crippen LogP contribution in [0.15, 0.2) is 212 Å². The monoisotopic (exact) mass is 870 g/mol. The maximum Gasteiger partial charge on any atom is 0.159 e. The Labute approximate surface area is 385 Å². The van der Waals surface area contributed by atoms with Crippen molar-refractivity contribution in [3.8, 4) is 56.4 Å². The molecule has 0 aliphatic rings. The van der Waals surface area contributed by atoms with Gasteiger partial charge in [0.25, 0.3) is 0 Å². The van der Waals surface area contributed by atoms with Crippen molar-refractivity contribution in [2.24, 2.45) is 0 Å². The van der Waals surface area contributed by atoms with Crippen LogP contribution in [0.25, 0.3) is 122 Å². The number of benzene rings is 6. The number of hydrogen-bond donors (Lipinski definition) is 0. The van der Waals surface area contributed by atoms with Gasteiger partial charge < -0.3 is 13.6 Å². The Bertz CT molecular complexity index is 3700. The van der Waals surface area contributed by atoms with Crippen molar-refractivity contribution in [1.82, 2.24) is 39.0 Å². The van der Waals surface area contributed by atoms with Crippen LogP contribution in [0.1, 0.15) is 0 Å². The molecule has 0 bridgehead atoms. The molecule has 0 unspecified atom stereocenters. The summed E-state index contributed by atoms with van der Waals surface area (Å²) < 4.78 is 11.1. The normalized spacial score (nSPS) is 11.3. The van der Waals surface area contributed by atoms with Gasteiger partial charge in [0.15, 0.2) is 11.6 Å². The summed E-state index contributed by atoms with van der Waals surface area (Å²) in [5.74, 6) is 1.39. The van der Waals surface area contributed by atoms with Crippen molar-refractivity contribution in [2.75, 3.05) is 0 Å². The average molecular weight is 871 g/mol. The van der Waals surface area contributed by atoms with Gasteiger partial charge in [0, 0.05) is 81.2 Å². The molecule has 0 aliphatic heterocycles. The number of hydrogen-bond acceptors (Lipinski definition) is 7. The zero-order chi connectivity index (χ0) is 43.4. The lowest BCUT2D eigenvalue weighted by atomic mass is 9.98. The number of rotatable bonds is 6. The van der Waals surface area contributed by atoms with Gasteiger partial charge in [-0.3, -0.25) is 9.97 Å². The molecule has 0 atom stereocenters. The molecule has 10 heteroatoms. The van der Waals surface area contributed by atoms with E-state index < -0.39 is 0 Å². The molecule has 314 valence electrons. The molecule has 13 rings (SSSR count). The lowest BCUT2D eigenvalue weighted by Crippen LogP contribution is -1.95. The van der Waals surface area contributed by atoms with Crippen LogP contribution >= 0.6 is 13.5 Å². The number of pyridine rings is 2. The van der Waals surface area contributed by atoms with E-state index >= 15 is 0 Å². The zero-order valence-electron chi connectivity index (χ0n) is 35.4. The van der Waals surface area contributed by atoms with Gasteiger partial charge in [-0.15, -0.1) is 13.2 Å². The molecule has 0 fully saturated rings. The highest BCUT2D eigenvalue weighted by Gasteiger charge is 2.20. The number of fused-ring (bicyclic) bond motifs is 9. The molecule has 0 saturated carbocycles. The second-order valence-electron chi connectivity index (χ2n) is 15.6. The Balaban J connectivity index is 0.00000158. The second kappa shape index (κ2) is 16.4. The Morgan fingerprint density at radius 1 is 0.348 bits per heavy atom. The topological polar surface area (TPSA) is 100 Å². The highest BCUT2D eigenvalue weighted by molar-refractivity contribution is 7.59. The lowest BCUT2D eigenvalue weighted by Gasteiger charge is -2.11. The third kappa shape index (κ3) is 6.42. The van der Waals surface area contributed by atoms with Gasteiger partial charge in [-0.25, -0.2) is 19.9 Å². The maximum atomic E-state index is 6.51. The third-order valence-electron chi connectivity index (χ3n) is 12.1. The Morgan fingerprint density at radius 2 is 0.758 bits per heavy atom. The van der Waals surface area contributed by atoms with Crippen molar-refractivity contribution < 1.29 is 4.42 Å². The first-order chi connectivity index (χ1) is 32.2. The molecule has 0 spiro atoms. The highest BCUT2D eigenvalue weighted by Crippen LogP contribution is 2.41. The van der Waals surface area contributed by atoms with Gasteiger partial charge in [-0.05, 0) is 119 Å². The summed E-state index contributed by atoms with van der Waals surface area (Å²) in [5, 5.41) is 4.17. The fraction of sp³-hybridized carbons (Fsp3) is 0. The number of nitrogens with zero attached hydrogens (tertiary/aromatic N) is 8. The van der Waals surface area contributed by atoms with Gasteiger partial charge >= 0.3 is 0 Å². The van der Waals surface area contributed by atoms with E-state index in [9.17, 15) is 0 Å². The molecule has 6 aromatic carbocycles. The van der Waals surface area contributed by atoms with Crippen LogP contribution in [0, 0.1) is 0 Å². The molecule has 7 heterocycles. The van der Waals surface area contributed by atoms with Crippen LogP contribution in [0.3, 0.4) is 0 Å². The second-order valence-corrected chi connectivity index (χ2v) is 15.6. The molecular formula is C56H38N8OS. The molecule has 66 heavy (non-hydrogen) atoms. The largest absolute Gasteiger partial charge is 0.456 e. The molecule has 0 radical (unpaired) electrons.